The van der Waals surface area contributed by atoms with Gasteiger partial charge < -0.3 is 24.8 Å². The molecule has 0 aliphatic heterocycles. The van der Waals surface area contributed by atoms with Gasteiger partial charge in [-0.2, -0.15) is 0 Å². The third-order valence-electron chi connectivity index (χ3n) is 3.48. The van der Waals surface area contributed by atoms with Gasteiger partial charge in [0.25, 0.3) is 0 Å². The summed E-state index contributed by atoms with van der Waals surface area (Å²) < 4.78 is 10.9. The van der Waals surface area contributed by atoms with E-state index in [1.54, 1.807) is 26.8 Å². The number of hydrogen-bond acceptors (Lipinski definition) is 5. The molecule has 0 aliphatic carbocycles. The van der Waals surface area contributed by atoms with E-state index in [-0.39, 0.29) is 13.0 Å². The Bertz CT molecular complexity index is 631. The quantitative estimate of drug-likeness (QED) is 0.516. The number of anilines is 1. The topological polar surface area (TPSA) is 88.1 Å². The first kappa shape index (κ1) is 24.2. The number of carboxylic acids is 1. The van der Waals surface area contributed by atoms with Gasteiger partial charge in [-0.05, 0) is 32.9 Å². The number of carbonyl (C=O) groups is 2. The summed E-state index contributed by atoms with van der Waals surface area (Å²) in [6.07, 6.45) is -0.977. The largest absolute Gasteiger partial charge is 0.491 e. The van der Waals surface area contributed by atoms with E-state index in [9.17, 15) is 9.59 Å². The number of amides is 1. The molecule has 0 unspecified atom stereocenters. The molecule has 0 radical (unpaired) electrons. The molecule has 158 valence electrons. The van der Waals surface area contributed by atoms with Crippen LogP contribution in [0.1, 0.15) is 27.2 Å². The Morgan fingerprint density at radius 1 is 1.21 bits per heavy atom. The fourth-order valence-electron chi connectivity index (χ4n) is 2.38. The van der Waals surface area contributed by atoms with E-state index in [1.165, 1.54) is 0 Å². The minimum atomic E-state index is -1.05. The van der Waals surface area contributed by atoms with Crippen LogP contribution >= 0.6 is 23.2 Å². The molecule has 0 aliphatic rings. The van der Waals surface area contributed by atoms with Gasteiger partial charge in [0.1, 0.15) is 18.0 Å². The molecule has 1 aromatic rings. The SMILES string of the molecule is CC(C)(C)OC(=O)N[C@@H](COc1cccc(N(CCCl)CCCl)c1)CC(=O)O. The zero-order valence-electron chi connectivity index (χ0n) is 16.4. The first-order chi connectivity index (χ1) is 13.1. The van der Waals surface area contributed by atoms with E-state index in [1.807, 2.05) is 23.1 Å². The number of ether oxygens (including phenoxy) is 2. The van der Waals surface area contributed by atoms with E-state index < -0.39 is 23.7 Å². The Morgan fingerprint density at radius 2 is 1.86 bits per heavy atom. The normalized spacial score (nSPS) is 12.2. The lowest BCUT2D eigenvalue weighted by Crippen LogP contribution is -2.43. The second kappa shape index (κ2) is 11.9. The molecule has 0 bridgehead atoms. The van der Waals surface area contributed by atoms with Crippen molar-refractivity contribution in [3.63, 3.8) is 0 Å². The molecule has 0 spiro atoms. The fraction of sp³-hybridized carbons (Fsp3) is 0.579. The second-order valence-electron chi connectivity index (χ2n) is 7.11. The predicted octanol–water partition coefficient (Wildman–Crippen LogP) is 3.72. The molecule has 9 heteroatoms. The monoisotopic (exact) mass is 434 g/mol. The van der Waals surface area contributed by atoms with Crippen LogP contribution in [0, 0.1) is 0 Å². The molecule has 1 amide bonds. The third-order valence-corrected chi connectivity index (χ3v) is 3.82. The summed E-state index contributed by atoms with van der Waals surface area (Å²) in [5.41, 5.74) is 0.218. The van der Waals surface area contributed by atoms with Crippen LogP contribution in [0.15, 0.2) is 24.3 Å². The standard InChI is InChI=1S/C19H28Cl2N2O5/c1-19(2,3)28-18(26)22-14(11-17(24)25)13-27-16-6-4-5-15(12-16)23(9-7-20)10-8-21/h4-6,12,14H,7-11,13H2,1-3H3,(H,22,26)(H,24,25)/t14-/m1/s1. The smallest absolute Gasteiger partial charge is 0.408 e. The summed E-state index contributed by atoms with van der Waals surface area (Å²) in [7, 11) is 0. The number of alkyl halides is 2. The van der Waals surface area contributed by atoms with Crippen LogP contribution in [0.3, 0.4) is 0 Å². The van der Waals surface area contributed by atoms with Crippen molar-refractivity contribution in [2.45, 2.75) is 38.8 Å². The lowest BCUT2D eigenvalue weighted by molar-refractivity contribution is -0.137. The average molecular weight is 435 g/mol. The van der Waals surface area contributed by atoms with Crippen molar-refractivity contribution >= 4 is 41.0 Å². The molecule has 1 aromatic carbocycles. The molecule has 0 heterocycles. The number of nitrogens with zero attached hydrogens (tertiary/aromatic N) is 1. The number of carbonyl (C=O) groups excluding carboxylic acids is 1. The minimum Gasteiger partial charge on any atom is -0.491 e. The summed E-state index contributed by atoms with van der Waals surface area (Å²) >= 11 is 11.7. The average Bonchev–Trinajstić information content (AvgIpc) is 2.57. The Morgan fingerprint density at radius 3 is 2.39 bits per heavy atom. The highest BCUT2D eigenvalue weighted by Gasteiger charge is 2.22. The van der Waals surface area contributed by atoms with Crippen LogP contribution in [0.4, 0.5) is 10.5 Å². The molecular formula is C19H28Cl2N2O5. The molecule has 1 atom stereocenters. The minimum absolute atomic E-state index is 0.0139. The molecule has 0 saturated carbocycles. The van der Waals surface area contributed by atoms with Crippen LogP contribution in [0.2, 0.25) is 0 Å². The molecule has 28 heavy (non-hydrogen) atoms. The number of carboxylic acid groups (broad SMARTS) is 1. The summed E-state index contributed by atoms with van der Waals surface area (Å²) in [6.45, 7) is 6.45. The van der Waals surface area contributed by atoms with Gasteiger partial charge in [0.05, 0.1) is 12.5 Å². The van der Waals surface area contributed by atoms with Gasteiger partial charge in [-0.1, -0.05) is 6.07 Å². The van der Waals surface area contributed by atoms with E-state index in [0.29, 0.717) is 30.6 Å². The van der Waals surface area contributed by atoms with E-state index in [2.05, 4.69) is 5.32 Å². The van der Waals surface area contributed by atoms with E-state index in [0.717, 1.165) is 5.69 Å². The van der Waals surface area contributed by atoms with Crippen LogP contribution in [0.5, 0.6) is 5.75 Å². The summed E-state index contributed by atoms with van der Waals surface area (Å²) in [5, 5.41) is 11.6. The summed E-state index contributed by atoms with van der Waals surface area (Å²) in [4.78, 5) is 25.1. The number of halogens is 2. The van der Waals surface area contributed by atoms with Gasteiger partial charge in [-0.3, -0.25) is 4.79 Å². The molecule has 7 nitrogen and oxygen atoms in total. The lowest BCUT2D eigenvalue weighted by atomic mass is 10.2. The van der Waals surface area contributed by atoms with Crippen molar-refractivity contribution in [1.29, 1.82) is 0 Å². The van der Waals surface area contributed by atoms with Crippen molar-refractivity contribution in [2.75, 3.05) is 36.4 Å². The number of alkyl carbamates (subject to hydrolysis) is 1. The zero-order chi connectivity index (χ0) is 21.2. The maximum absolute atomic E-state index is 11.9. The number of nitrogens with one attached hydrogen (secondary N) is 1. The summed E-state index contributed by atoms with van der Waals surface area (Å²) in [6, 6.07) is 6.59. The maximum atomic E-state index is 11.9. The molecular weight excluding hydrogens is 407 g/mol. The van der Waals surface area contributed by atoms with Crippen molar-refractivity contribution in [1.82, 2.24) is 5.32 Å². The van der Waals surface area contributed by atoms with Gasteiger partial charge in [0, 0.05) is 36.6 Å². The molecule has 2 N–H and O–H groups in total. The Labute approximate surface area is 175 Å². The Hall–Kier alpha value is -1.86. The van der Waals surface area contributed by atoms with Gasteiger partial charge in [0.15, 0.2) is 0 Å². The van der Waals surface area contributed by atoms with Crippen molar-refractivity contribution < 1.29 is 24.2 Å². The van der Waals surface area contributed by atoms with Crippen LogP contribution in [-0.4, -0.2) is 60.3 Å². The number of hydrogen-bond donors (Lipinski definition) is 2. The van der Waals surface area contributed by atoms with Crippen LogP contribution in [-0.2, 0) is 9.53 Å². The van der Waals surface area contributed by atoms with Crippen molar-refractivity contribution in [2.24, 2.45) is 0 Å². The Balaban J connectivity index is 2.77. The maximum Gasteiger partial charge on any atom is 0.408 e. The highest BCUT2D eigenvalue weighted by molar-refractivity contribution is 6.18. The number of aliphatic carboxylic acids is 1. The summed E-state index contributed by atoms with van der Waals surface area (Å²) in [5.74, 6) is 0.423. The van der Waals surface area contributed by atoms with Crippen LogP contribution < -0.4 is 15.0 Å². The lowest BCUT2D eigenvalue weighted by Gasteiger charge is -2.24. The second-order valence-corrected chi connectivity index (χ2v) is 7.87. The van der Waals surface area contributed by atoms with Gasteiger partial charge in [-0.25, -0.2) is 4.79 Å². The van der Waals surface area contributed by atoms with Crippen molar-refractivity contribution in [3.8, 4) is 5.75 Å². The molecule has 0 saturated heterocycles. The predicted molar refractivity (Wildman–Crippen MR) is 111 cm³/mol. The van der Waals surface area contributed by atoms with Gasteiger partial charge >= 0.3 is 12.1 Å². The number of rotatable bonds is 11. The van der Waals surface area contributed by atoms with Crippen LogP contribution in [0.25, 0.3) is 0 Å². The first-order valence-electron chi connectivity index (χ1n) is 8.95. The van der Waals surface area contributed by atoms with E-state index >= 15 is 0 Å². The fourth-order valence-corrected chi connectivity index (χ4v) is 2.79. The zero-order valence-corrected chi connectivity index (χ0v) is 17.9. The molecule has 1 rings (SSSR count). The van der Waals surface area contributed by atoms with E-state index in [4.69, 9.17) is 37.8 Å². The van der Waals surface area contributed by atoms with Gasteiger partial charge in [0.2, 0.25) is 0 Å². The highest BCUT2D eigenvalue weighted by Crippen LogP contribution is 2.22. The molecule has 0 aromatic heterocycles. The van der Waals surface area contributed by atoms with Gasteiger partial charge in [-0.15, -0.1) is 23.2 Å². The Kier molecular flexibility index (Phi) is 10.2. The first-order valence-corrected chi connectivity index (χ1v) is 10.0. The molecule has 0 fully saturated rings. The third kappa shape index (κ3) is 9.90. The number of benzene rings is 1. The van der Waals surface area contributed by atoms with Crippen molar-refractivity contribution in [3.05, 3.63) is 24.3 Å². The highest BCUT2D eigenvalue weighted by atomic mass is 35.5.